The number of ether oxygens (including phenoxy) is 6. The predicted molar refractivity (Wildman–Crippen MR) is 146 cm³/mol. The molecule has 1 saturated heterocycles. The quantitative estimate of drug-likeness (QED) is 0.185. The SMILES string of the molecule is CSC1CCN(C(=O)OCCOCCOCCOCCOCCOCCNC(=O)CCC(=O)C(C)C)CC1. The highest BCUT2D eigenvalue weighted by molar-refractivity contribution is 7.99. The van der Waals surface area contributed by atoms with Gasteiger partial charge in [0.1, 0.15) is 12.4 Å². The minimum Gasteiger partial charge on any atom is -0.447 e. The van der Waals surface area contributed by atoms with Crippen molar-refractivity contribution < 1.29 is 42.8 Å². The monoisotopic (exact) mass is 564 g/mol. The summed E-state index contributed by atoms with van der Waals surface area (Å²) in [7, 11) is 0. The van der Waals surface area contributed by atoms with Gasteiger partial charge in [-0.05, 0) is 19.1 Å². The lowest BCUT2D eigenvalue weighted by atomic mass is 10.0. The molecule has 0 aromatic carbocycles. The molecule has 0 spiro atoms. The molecular formula is C26H48N2O9S. The number of carbonyl (C=O) groups excluding carboxylic acids is 3. The second-order valence-corrected chi connectivity index (χ2v) is 10.2. The fraction of sp³-hybridized carbons (Fsp3) is 0.885. The van der Waals surface area contributed by atoms with E-state index in [0.29, 0.717) is 77.9 Å². The lowest BCUT2D eigenvalue weighted by Gasteiger charge is -2.30. The summed E-state index contributed by atoms with van der Waals surface area (Å²) in [6.07, 6.45) is 4.38. The molecule has 0 aromatic heterocycles. The summed E-state index contributed by atoms with van der Waals surface area (Å²) in [5, 5.41) is 3.38. The third-order valence-electron chi connectivity index (χ3n) is 5.79. The van der Waals surface area contributed by atoms with E-state index >= 15 is 0 Å². The van der Waals surface area contributed by atoms with E-state index in [4.69, 9.17) is 28.4 Å². The fourth-order valence-corrected chi connectivity index (χ4v) is 4.09. The minimum absolute atomic E-state index is 0.0375. The molecule has 0 unspecified atom stereocenters. The number of nitrogens with one attached hydrogen (secondary N) is 1. The van der Waals surface area contributed by atoms with Crippen LogP contribution in [0.25, 0.3) is 0 Å². The molecule has 0 aliphatic carbocycles. The number of nitrogens with zero attached hydrogens (tertiary/aromatic N) is 1. The number of carbonyl (C=O) groups is 3. The molecule has 1 N–H and O–H groups in total. The van der Waals surface area contributed by atoms with Crippen molar-refractivity contribution in [1.82, 2.24) is 10.2 Å². The molecule has 12 heteroatoms. The summed E-state index contributed by atoms with van der Waals surface area (Å²) < 4.78 is 32.4. The Morgan fingerprint density at radius 2 is 1.24 bits per heavy atom. The molecule has 0 bridgehead atoms. The Balaban J connectivity index is 1.74. The smallest absolute Gasteiger partial charge is 0.409 e. The minimum atomic E-state index is -0.258. The van der Waals surface area contributed by atoms with Crippen LogP contribution in [0.4, 0.5) is 4.79 Å². The van der Waals surface area contributed by atoms with Crippen molar-refractivity contribution in [3.8, 4) is 0 Å². The molecule has 1 rings (SSSR count). The molecule has 0 atom stereocenters. The zero-order valence-corrected chi connectivity index (χ0v) is 24.2. The van der Waals surface area contributed by atoms with Gasteiger partial charge in [-0.3, -0.25) is 9.59 Å². The molecule has 0 aromatic rings. The van der Waals surface area contributed by atoms with Crippen molar-refractivity contribution in [1.29, 1.82) is 0 Å². The first kappa shape index (κ1) is 34.6. The van der Waals surface area contributed by atoms with Crippen molar-refractivity contribution >= 4 is 29.5 Å². The Morgan fingerprint density at radius 3 is 1.71 bits per heavy atom. The standard InChI is InChI=1S/C26H48N2O9S/c1-22(2)24(29)4-5-25(30)27-8-11-32-12-13-33-14-15-34-16-17-35-18-19-36-20-21-37-26(31)28-9-6-23(38-3)7-10-28/h22-23H,4-21H2,1-3H3,(H,27,30). The number of ketones is 1. The van der Waals surface area contributed by atoms with Gasteiger partial charge < -0.3 is 38.6 Å². The largest absolute Gasteiger partial charge is 0.447 e. The van der Waals surface area contributed by atoms with E-state index in [-0.39, 0.29) is 43.2 Å². The van der Waals surface area contributed by atoms with Crippen LogP contribution in [0.3, 0.4) is 0 Å². The fourth-order valence-electron chi connectivity index (χ4n) is 3.41. The van der Waals surface area contributed by atoms with Crippen LogP contribution in [0, 0.1) is 5.92 Å². The summed E-state index contributed by atoms with van der Waals surface area (Å²) in [6.45, 7) is 10.2. The molecule has 222 valence electrons. The summed E-state index contributed by atoms with van der Waals surface area (Å²) in [4.78, 5) is 36.9. The van der Waals surface area contributed by atoms with Crippen LogP contribution in [0.15, 0.2) is 0 Å². The van der Waals surface area contributed by atoms with Gasteiger partial charge in [-0.1, -0.05) is 13.8 Å². The molecule has 0 radical (unpaired) electrons. The van der Waals surface area contributed by atoms with Gasteiger partial charge in [-0.2, -0.15) is 11.8 Å². The average molecular weight is 565 g/mol. The third kappa shape index (κ3) is 18.8. The van der Waals surface area contributed by atoms with Gasteiger partial charge in [-0.15, -0.1) is 0 Å². The van der Waals surface area contributed by atoms with E-state index in [1.54, 1.807) is 4.90 Å². The lowest BCUT2D eigenvalue weighted by molar-refractivity contribution is -0.126. The van der Waals surface area contributed by atoms with E-state index in [2.05, 4.69) is 11.6 Å². The van der Waals surface area contributed by atoms with Crippen LogP contribution < -0.4 is 5.32 Å². The summed E-state index contributed by atoms with van der Waals surface area (Å²) >= 11 is 1.86. The van der Waals surface area contributed by atoms with Crippen LogP contribution in [-0.2, 0) is 38.0 Å². The molecule has 38 heavy (non-hydrogen) atoms. The second-order valence-electron chi connectivity index (χ2n) is 9.07. The first-order chi connectivity index (χ1) is 18.4. The van der Waals surface area contributed by atoms with Crippen molar-refractivity contribution in [2.24, 2.45) is 5.92 Å². The Labute approximate surface area is 231 Å². The normalized spacial score (nSPS) is 14.2. The summed E-state index contributed by atoms with van der Waals surface area (Å²) in [5.74, 6) is -0.0764. The van der Waals surface area contributed by atoms with Crippen LogP contribution in [0.2, 0.25) is 0 Å². The first-order valence-electron chi connectivity index (χ1n) is 13.6. The topological polar surface area (TPSA) is 122 Å². The highest BCUT2D eigenvalue weighted by atomic mass is 32.2. The van der Waals surface area contributed by atoms with Gasteiger partial charge in [0.15, 0.2) is 0 Å². The maximum absolute atomic E-state index is 12.0. The Bertz CT molecular complexity index is 632. The number of Topliss-reactive ketones (excluding diaryl/α,β-unsaturated/α-hetero) is 1. The van der Waals surface area contributed by atoms with Crippen LogP contribution >= 0.6 is 11.8 Å². The predicted octanol–water partition coefficient (Wildman–Crippen LogP) is 2.15. The molecule has 1 fully saturated rings. The maximum atomic E-state index is 12.0. The van der Waals surface area contributed by atoms with Crippen LogP contribution in [0.5, 0.6) is 0 Å². The van der Waals surface area contributed by atoms with Gasteiger partial charge in [0, 0.05) is 43.6 Å². The van der Waals surface area contributed by atoms with Gasteiger partial charge >= 0.3 is 6.09 Å². The molecule has 2 amide bonds. The molecule has 1 aliphatic heterocycles. The number of rotatable bonds is 23. The lowest BCUT2D eigenvalue weighted by Crippen LogP contribution is -2.39. The molecule has 0 saturated carbocycles. The van der Waals surface area contributed by atoms with Crippen molar-refractivity contribution in [2.75, 3.05) is 98.6 Å². The Hall–Kier alpha value is -1.44. The first-order valence-corrected chi connectivity index (χ1v) is 14.9. The number of amides is 2. The van der Waals surface area contributed by atoms with Crippen LogP contribution in [0.1, 0.15) is 39.5 Å². The third-order valence-corrected chi connectivity index (χ3v) is 6.92. The molecular weight excluding hydrogens is 516 g/mol. The van der Waals surface area contributed by atoms with Gasteiger partial charge in [0.05, 0.1) is 66.1 Å². The van der Waals surface area contributed by atoms with E-state index in [0.717, 1.165) is 25.9 Å². The number of thioether (sulfide) groups is 1. The zero-order chi connectivity index (χ0) is 27.8. The summed E-state index contributed by atoms with van der Waals surface area (Å²) in [5.41, 5.74) is 0. The van der Waals surface area contributed by atoms with Gasteiger partial charge in [0.2, 0.25) is 5.91 Å². The van der Waals surface area contributed by atoms with Crippen molar-refractivity contribution in [3.05, 3.63) is 0 Å². The van der Waals surface area contributed by atoms with Gasteiger partial charge in [0.25, 0.3) is 0 Å². The number of piperidine rings is 1. The highest BCUT2D eigenvalue weighted by Crippen LogP contribution is 2.21. The number of likely N-dealkylation sites (tertiary alicyclic amines) is 1. The van der Waals surface area contributed by atoms with E-state index < -0.39 is 0 Å². The van der Waals surface area contributed by atoms with Crippen LogP contribution in [-0.4, -0.2) is 126 Å². The van der Waals surface area contributed by atoms with Crippen molar-refractivity contribution in [2.45, 2.75) is 44.8 Å². The van der Waals surface area contributed by atoms with Gasteiger partial charge in [-0.25, -0.2) is 4.79 Å². The van der Waals surface area contributed by atoms with E-state index in [1.807, 2.05) is 25.6 Å². The second kappa shape index (κ2) is 23.4. The molecule has 1 aliphatic rings. The average Bonchev–Trinajstić information content (AvgIpc) is 2.92. The number of hydrogen-bond donors (Lipinski definition) is 1. The maximum Gasteiger partial charge on any atom is 0.409 e. The Morgan fingerprint density at radius 1 is 0.763 bits per heavy atom. The summed E-state index contributed by atoms with van der Waals surface area (Å²) in [6, 6.07) is 0. The molecule has 1 heterocycles. The van der Waals surface area contributed by atoms with E-state index in [9.17, 15) is 14.4 Å². The molecule has 11 nitrogen and oxygen atoms in total. The highest BCUT2D eigenvalue weighted by Gasteiger charge is 2.22. The zero-order valence-electron chi connectivity index (χ0n) is 23.4. The Kier molecular flexibility index (Phi) is 21.3. The number of hydrogen-bond acceptors (Lipinski definition) is 10. The van der Waals surface area contributed by atoms with E-state index in [1.165, 1.54) is 0 Å². The van der Waals surface area contributed by atoms with Crippen molar-refractivity contribution in [3.63, 3.8) is 0 Å².